The summed E-state index contributed by atoms with van der Waals surface area (Å²) in [6, 6.07) is 37.0. The number of para-hydroxylation sites is 1. The van der Waals surface area contributed by atoms with E-state index in [2.05, 4.69) is 136 Å². The predicted octanol–water partition coefficient (Wildman–Crippen LogP) is 12.7. The number of nitrogens with zero attached hydrogens (tertiary/aromatic N) is 1. The van der Waals surface area contributed by atoms with E-state index in [1.807, 2.05) is 0 Å². The van der Waals surface area contributed by atoms with Crippen molar-refractivity contribution in [2.45, 2.75) is 79.1 Å². The quantitative estimate of drug-likeness (QED) is 0.106. The van der Waals surface area contributed by atoms with Gasteiger partial charge in [-0.3, -0.25) is 0 Å². The summed E-state index contributed by atoms with van der Waals surface area (Å²) in [5, 5.41) is 4.75. The molecule has 0 aromatic heterocycles. The number of ether oxygens (including phenoxy) is 2. The number of hydrogen-bond acceptors (Lipinski definition) is 3. The van der Waals surface area contributed by atoms with Gasteiger partial charge in [-0.05, 0) is 96.1 Å². The predicted molar refractivity (Wildman–Crippen MR) is 194 cm³/mol. The van der Waals surface area contributed by atoms with Gasteiger partial charge in [0.1, 0.15) is 11.5 Å². The van der Waals surface area contributed by atoms with E-state index in [-0.39, 0.29) is 0 Å². The topological polar surface area (TPSA) is 21.7 Å². The van der Waals surface area contributed by atoms with Crippen molar-refractivity contribution in [2.24, 2.45) is 11.8 Å². The fourth-order valence-corrected chi connectivity index (χ4v) is 6.27. The van der Waals surface area contributed by atoms with Gasteiger partial charge in [0.25, 0.3) is 0 Å². The van der Waals surface area contributed by atoms with Gasteiger partial charge in [0.2, 0.25) is 0 Å². The number of hydrogen-bond donors (Lipinski definition) is 0. The summed E-state index contributed by atoms with van der Waals surface area (Å²) in [4.78, 5) is 2.39. The van der Waals surface area contributed by atoms with E-state index >= 15 is 0 Å². The first-order chi connectivity index (χ1) is 22.1. The van der Waals surface area contributed by atoms with Crippen LogP contribution in [0.1, 0.15) is 79.1 Å². The zero-order valence-corrected chi connectivity index (χ0v) is 27.8. The van der Waals surface area contributed by atoms with E-state index in [4.69, 9.17) is 9.47 Å². The SMILES string of the molecule is CCCCC(CC)COc1ccc2c(N(c3ccccc3)c3cccc4cc(OCC(CC)CCCC)ccc34)cccc2c1. The van der Waals surface area contributed by atoms with Gasteiger partial charge in [-0.1, -0.05) is 109 Å². The van der Waals surface area contributed by atoms with Crippen molar-refractivity contribution >= 4 is 38.6 Å². The summed E-state index contributed by atoms with van der Waals surface area (Å²) < 4.78 is 12.7. The highest BCUT2D eigenvalue weighted by Crippen LogP contribution is 2.43. The van der Waals surface area contributed by atoms with Gasteiger partial charge in [-0.15, -0.1) is 0 Å². The Bertz CT molecular complexity index is 1530. The number of unbranched alkanes of at least 4 members (excludes halogenated alkanes) is 2. The Labute approximate surface area is 271 Å². The van der Waals surface area contributed by atoms with Gasteiger partial charge >= 0.3 is 0 Å². The Morgan fingerprint density at radius 1 is 0.533 bits per heavy atom. The summed E-state index contributed by atoms with van der Waals surface area (Å²) in [5.41, 5.74) is 3.42. The van der Waals surface area contributed by atoms with Crippen LogP contribution in [0.2, 0.25) is 0 Å². The number of fused-ring (bicyclic) bond motifs is 2. The highest BCUT2D eigenvalue weighted by Gasteiger charge is 2.18. The molecule has 0 spiro atoms. The van der Waals surface area contributed by atoms with Crippen molar-refractivity contribution in [3.05, 3.63) is 103 Å². The van der Waals surface area contributed by atoms with Crippen molar-refractivity contribution in [2.75, 3.05) is 18.1 Å². The van der Waals surface area contributed by atoms with E-state index in [9.17, 15) is 0 Å². The van der Waals surface area contributed by atoms with Gasteiger partial charge in [0.15, 0.2) is 0 Å². The molecular weight excluding hydrogens is 550 g/mol. The zero-order valence-electron chi connectivity index (χ0n) is 27.8. The normalized spacial score (nSPS) is 12.7. The van der Waals surface area contributed by atoms with Crippen LogP contribution in [0.25, 0.3) is 21.5 Å². The van der Waals surface area contributed by atoms with Gasteiger partial charge in [-0.2, -0.15) is 0 Å². The molecule has 0 amide bonds. The van der Waals surface area contributed by atoms with Crippen molar-refractivity contribution < 1.29 is 9.47 Å². The van der Waals surface area contributed by atoms with E-state index in [1.54, 1.807) is 0 Å². The molecule has 0 N–H and O–H groups in total. The molecule has 0 saturated heterocycles. The van der Waals surface area contributed by atoms with E-state index in [0.29, 0.717) is 11.8 Å². The summed E-state index contributed by atoms with van der Waals surface area (Å²) >= 11 is 0. The lowest BCUT2D eigenvalue weighted by atomic mass is 10.0. The molecule has 5 aromatic carbocycles. The van der Waals surface area contributed by atoms with E-state index in [0.717, 1.165) is 54.6 Å². The Balaban J connectivity index is 1.48. The molecule has 0 fully saturated rings. The summed E-state index contributed by atoms with van der Waals surface area (Å²) in [6.45, 7) is 10.6. The Morgan fingerprint density at radius 2 is 1.02 bits per heavy atom. The third-order valence-electron chi connectivity index (χ3n) is 9.21. The highest BCUT2D eigenvalue weighted by molar-refractivity contribution is 6.05. The number of benzene rings is 5. The van der Waals surface area contributed by atoms with Crippen molar-refractivity contribution in [1.29, 1.82) is 0 Å². The van der Waals surface area contributed by atoms with E-state index in [1.165, 1.54) is 60.1 Å². The average Bonchev–Trinajstić information content (AvgIpc) is 3.09. The van der Waals surface area contributed by atoms with Crippen LogP contribution in [0.3, 0.4) is 0 Å². The first-order valence-electron chi connectivity index (χ1n) is 17.3. The highest BCUT2D eigenvalue weighted by atomic mass is 16.5. The Kier molecular flexibility index (Phi) is 11.8. The average molecular weight is 602 g/mol. The Hall–Kier alpha value is -3.98. The minimum absolute atomic E-state index is 0.604. The maximum Gasteiger partial charge on any atom is 0.119 e. The molecule has 2 unspecified atom stereocenters. The fourth-order valence-electron chi connectivity index (χ4n) is 6.27. The molecule has 0 aliphatic rings. The first kappa shape index (κ1) is 32.4. The van der Waals surface area contributed by atoms with Crippen LogP contribution in [0.5, 0.6) is 11.5 Å². The summed E-state index contributed by atoms with van der Waals surface area (Å²) in [7, 11) is 0. The molecule has 45 heavy (non-hydrogen) atoms. The molecule has 0 aliphatic carbocycles. The lowest BCUT2D eigenvalue weighted by molar-refractivity contribution is 0.233. The smallest absolute Gasteiger partial charge is 0.119 e. The Morgan fingerprint density at radius 3 is 1.47 bits per heavy atom. The molecule has 3 heteroatoms. The summed E-state index contributed by atoms with van der Waals surface area (Å²) in [6.07, 6.45) is 9.76. The molecule has 5 aromatic rings. The second kappa shape index (κ2) is 16.4. The molecular formula is C42H51NO2. The van der Waals surface area contributed by atoms with Gasteiger partial charge in [-0.25, -0.2) is 0 Å². The van der Waals surface area contributed by atoms with Crippen LogP contribution in [-0.4, -0.2) is 13.2 Å². The zero-order chi connectivity index (χ0) is 31.4. The first-order valence-corrected chi connectivity index (χ1v) is 17.3. The third kappa shape index (κ3) is 8.19. The maximum atomic E-state index is 6.34. The molecule has 0 heterocycles. The standard InChI is InChI=1S/C42H51NO2/c1-5-9-16-32(7-3)30-44-37-24-26-39-34(28-37)18-14-22-41(39)43(36-20-12-11-13-21-36)42-23-15-19-35-29-38(25-27-40(35)42)45-31-33(8-4)17-10-6-2/h11-15,18-29,32-33H,5-10,16-17,30-31H2,1-4H3. The van der Waals surface area contributed by atoms with Gasteiger partial charge in [0, 0.05) is 16.5 Å². The molecule has 236 valence electrons. The van der Waals surface area contributed by atoms with Crippen molar-refractivity contribution in [1.82, 2.24) is 0 Å². The van der Waals surface area contributed by atoms with Crippen LogP contribution in [-0.2, 0) is 0 Å². The monoisotopic (exact) mass is 601 g/mol. The molecule has 3 nitrogen and oxygen atoms in total. The minimum atomic E-state index is 0.604. The van der Waals surface area contributed by atoms with Crippen LogP contribution < -0.4 is 14.4 Å². The second-order valence-electron chi connectivity index (χ2n) is 12.4. The molecule has 0 radical (unpaired) electrons. The number of rotatable bonds is 17. The lowest BCUT2D eigenvalue weighted by Gasteiger charge is -2.28. The van der Waals surface area contributed by atoms with Gasteiger partial charge in [0.05, 0.1) is 24.6 Å². The van der Waals surface area contributed by atoms with E-state index < -0.39 is 0 Å². The largest absolute Gasteiger partial charge is 0.493 e. The van der Waals surface area contributed by atoms with Crippen LogP contribution >= 0.6 is 0 Å². The maximum absolute atomic E-state index is 6.34. The molecule has 0 bridgehead atoms. The van der Waals surface area contributed by atoms with Gasteiger partial charge < -0.3 is 14.4 Å². The molecule has 2 atom stereocenters. The molecule has 5 rings (SSSR count). The van der Waals surface area contributed by atoms with Crippen molar-refractivity contribution in [3.63, 3.8) is 0 Å². The number of anilines is 3. The van der Waals surface area contributed by atoms with Crippen LogP contribution in [0, 0.1) is 11.8 Å². The van der Waals surface area contributed by atoms with Crippen LogP contribution in [0.15, 0.2) is 103 Å². The lowest BCUT2D eigenvalue weighted by Crippen LogP contribution is -2.12. The van der Waals surface area contributed by atoms with Crippen LogP contribution in [0.4, 0.5) is 17.1 Å². The minimum Gasteiger partial charge on any atom is -0.493 e. The van der Waals surface area contributed by atoms with Crippen molar-refractivity contribution in [3.8, 4) is 11.5 Å². The third-order valence-corrected chi connectivity index (χ3v) is 9.21. The second-order valence-corrected chi connectivity index (χ2v) is 12.4. The summed E-state index contributed by atoms with van der Waals surface area (Å²) in [5.74, 6) is 3.09. The molecule has 0 aliphatic heterocycles. The molecule has 0 saturated carbocycles. The fraction of sp³-hybridized carbons (Fsp3) is 0.381.